The van der Waals surface area contributed by atoms with E-state index in [1.165, 1.54) is 0 Å². The van der Waals surface area contributed by atoms with Crippen LogP contribution in [-0.4, -0.2) is 42.3 Å². The lowest BCUT2D eigenvalue weighted by atomic mass is 10.2. The van der Waals surface area contributed by atoms with Gasteiger partial charge in [0.1, 0.15) is 0 Å². The number of hydrogen-bond acceptors (Lipinski definition) is 4. The smallest absolute Gasteiger partial charge is 0.332 e. The molecule has 1 heterocycles. The normalized spacial score (nSPS) is 23.8. The first-order valence-corrected chi connectivity index (χ1v) is 5.97. The summed E-state index contributed by atoms with van der Waals surface area (Å²) < 4.78 is 5.33. The minimum Gasteiger partial charge on any atom is -0.479 e. The van der Waals surface area contributed by atoms with Crippen molar-refractivity contribution in [1.29, 1.82) is 0 Å². The summed E-state index contributed by atoms with van der Waals surface area (Å²) in [5.74, 6) is -1.15. The number of carboxylic acid groups (broad SMARTS) is 1. The van der Waals surface area contributed by atoms with Gasteiger partial charge >= 0.3 is 5.97 Å². The fourth-order valence-corrected chi connectivity index (χ4v) is 1.85. The Morgan fingerprint density at radius 2 is 2.12 bits per heavy atom. The number of hydrogen-bond donors (Lipinski definition) is 3. The molecule has 98 valence electrons. The number of aliphatic carboxylic acids is 1. The molecular weight excluding hydrogens is 224 g/mol. The molecule has 17 heavy (non-hydrogen) atoms. The third-order valence-corrected chi connectivity index (χ3v) is 2.78. The molecule has 1 rings (SSSR count). The van der Waals surface area contributed by atoms with E-state index in [0.717, 1.165) is 25.8 Å². The second-order valence-electron chi connectivity index (χ2n) is 4.29. The van der Waals surface area contributed by atoms with E-state index in [0.29, 0.717) is 19.4 Å². The average molecular weight is 244 g/mol. The van der Waals surface area contributed by atoms with E-state index < -0.39 is 12.1 Å². The highest BCUT2D eigenvalue weighted by Gasteiger charge is 2.29. The molecule has 0 aromatic rings. The molecule has 1 saturated heterocycles. The lowest BCUT2D eigenvalue weighted by Crippen LogP contribution is -2.29. The van der Waals surface area contributed by atoms with Crippen LogP contribution in [-0.2, 0) is 14.3 Å². The maximum Gasteiger partial charge on any atom is 0.332 e. The number of carbonyl (C=O) groups is 2. The summed E-state index contributed by atoms with van der Waals surface area (Å²) >= 11 is 0. The van der Waals surface area contributed by atoms with Crippen molar-refractivity contribution in [2.24, 2.45) is 5.73 Å². The van der Waals surface area contributed by atoms with Crippen LogP contribution in [0.15, 0.2) is 0 Å². The number of nitrogens with two attached hydrogens (primary N) is 1. The molecule has 0 aromatic heterocycles. The molecule has 2 atom stereocenters. The zero-order chi connectivity index (χ0) is 12.7. The van der Waals surface area contributed by atoms with Crippen molar-refractivity contribution in [1.82, 2.24) is 5.32 Å². The molecule has 0 radical (unpaired) electrons. The maximum absolute atomic E-state index is 10.6. The van der Waals surface area contributed by atoms with Crippen molar-refractivity contribution < 1.29 is 19.4 Å². The molecule has 0 aliphatic carbocycles. The van der Waals surface area contributed by atoms with E-state index in [1.54, 1.807) is 0 Å². The number of ether oxygens (including phenoxy) is 1. The second-order valence-corrected chi connectivity index (χ2v) is 4.29. The average Bonchev–Trinajstić information content (AvgIpc) is 2.71. The predicted octanol–water partition coefficient (Wildman–Crippen LogP) is -0.136. The fraction of sp³-hybridized carbons (Fsp3) is 0.818. The number of nitrogens with one attached hydrogen (secondary N) is 1. The fourth-order valence-electron chi connectivity index (χ4n) is 1.85. The summed E-state index contributed by atoms with van der Waals surface area (Å²) in [4.78, 5) is 21.1. The van der Waals surface area contributed by atoms with Crippen molar-refractivity contribution in [3.8, 4) is 0 Å². The number of amides is 1. The van der Waals surface area contributed by atoms with Gasteiger partial charge in [-0.2, -0.15) is 0 Å². The first kappa shape index (κ1) is 13.9. The Morgan fingerprint density at radius 1 is 1.35 bits per heavy atom. The molecule has 1 fully saturated rings. The van der Waals surface area contributed by atoms with E-state index in [1.807, 2.05) is 0 Å². The predicted molar refractivity (Wildman–Crippen MR) is 61.4 cm³/mol. The van der Waals surface area contributed by atoms with Gasteiger partial charge in [0, 0.05) is 13.0 Å². The van der Waals surface area contributed by atoms with Crippen LogP contribution in [0.2, 0.25) is 0 Å². The minimum atomic E-state index is -0.881. The zero-order valence-electron chi connectivity index (χ0n) is 9.85. The molecule has 1 amide bonds. The van der Waals surface area contributed by atoms with Gasteiger partial charge in [-0.15, -0.1) is 0 Å². The van der Waals surface area contributed by atoms with E-state index in [-0.39, 0.29) is 12.0 Å². The first-order valence-electron chi connectivity index (χ1n) is 5.97. The molecule has 6 nitrogen and oxygen atoms in total. The Hall–Kier alpha value is -1.14. The van der Waals surface area contributed by atoms with Crippen LogP contribution in [0.1, 0.15) is 32.1 Å². The summed E-state index contributed by atoms with van der Waals surface area (Å²) in [6.45, 7) is 1.46. The summed E-state index contributed by atoms with van der Waals surface area (Å²) in [5, 5.41) is 11.9. The molecule has 0 aromatic carbocycles. The van der Waals surface area contributed by atoms with E-state index in [2.05, 4.69) is 5.32 Å². The standard InChI is InChI=1S/C11H20N2O4/c12-10(14)3-1-2-6-13-7-8-4-5-9(17-8)11(15)16/h8-9,13H,1-7H2,(H2,12,14)(H,15,16). The lowest BCUT2D eigenvalue weighted by Gasteiger charge is -2.11. The Balaban J connectivity index is 1.97. The van der Waals surface area contributed by atoms with Crippen molar-refractivity contribution >= 4 is 11.9 Å². The van der Waals surface area contributed by atoms with Crippen LogP contribution < -0.4 is 11.1 Å². The van der Waals surface area contributed by atoms with Gasteiger partial charge in [-0.1, -0.05) is 0 Å². The van der Waals surface area contributed by atoms with Gasteiger partial charge in [0.25, 0.3) is 0 Å². The molecule has 1 aliphatic heterocycles. The van der Waals surface area contributed by atoms with Crippen molar-refractivity contribution in [3.63, 3.8) is 0 Å². The van der Waals surface area contributed by atoms with Gasteiger partial charge in [0.05, 0.1) is 6.10 Å². The van der Waals surface area contributed by atoms with Gasteiger partial charge in [0.2, 0.25) is 5.91 Å². The summed E-state index contributed by atoms with van der Waals surface area (Å²) in [6, 6.07) is 0. The van der Waals surface area contributed by atoms with Gasteiger partial charge in [-0.25, -0.2) is 4.79 Å². The zero-order valence-corrected chi connectivity index (χ0v) is 9.85. The second kappa shape index (κ2) is 7.24. The van der Waals surface area contributed by atoms with Crippen LogP contribution in [0.4, 0.5) is 0 Å². The van der Waals surface area contributed by atoms with Crippen molar-refractivity contribution in [3.05, 3.63) is 0 Å². The molecule has 2 unspecified atom stereocenters. The van der Waals surface area contributed by atoms with E-state index >= 15 is 0 Å². The van der Waals surface area contributed by atoms with E-state index in [4.69, 9.17) is 15.6 Å². The highest BCUT2D eigenvalue weighted by Crippen LogP contribution is 2.19. The van der Waals surface area contributed by atoms with Gasteiger partial charge in [-0.05, 0) is 32.2 Å². The van der Waals surface area contributed by atoms with Crippen molar-refractivity contribution in [2.45, 2.75) is 44.3 Å². The SMILES string of the molecule is NC(=O)CCCCNCC1CCC(C(=O)O)O1. The van der Waals surface area contributed by atoms with Gasteiger partial charge < -0.3 is 20.9 Å². The van der Waals surface area contributed by atoms with Gasteiger partial charge in [0.15, 0.2) is 6.10 Å². The molecule has 0 bridgehead atoms. The quantitative estimate of drug-likeness (QED) is 0.516. The number of carbonyl (C=O) groups excluding carboxylic acids is 1. The number of carboxylic acids is 1. The first-order chi connectivity index (χ1) is 8.09. The molecule has 6 heteroatoms. The number of primary amides is 1. The maximum atomic E-state index is 10.6. The monoisotopic (exact) mass is 244 g/mol. The summed E-state index contributed by atoms with van der Waals surface area (Å²) in [6.07, 6.45) is 2.81. The number of unbranched alkanes of at least 4 members (excludes halogenated alkanes) is 1. The van der Waals surface area contributed by atoms with Crippen LogP contribution in [0.25, 0.3) is 0 Å². The third kappa shape index (κ3) is 5.65. The van der Waals surface area contributed by atoms with Gasteiger partial charge in [-0.3, -0.25) is 4.79 Å². The molecular formula is C11H20N2O4. The Labute approximate surface area is 101 Å². The van der Waals surface area contributed by atoms with E-state index in [9.17, 15) is 9.59 Å². The third-order valence-electron chi connectivity index (χ3n) is 2.78. The lowest BCUT2D eigenvalue weighted by molar-refractivity contribution is -0.149. The largest absolute Gasteiger partial charge is 0.479 e. The highest BCUT2D eigenvalue weighted by molar-refractivity contribution is 5.73. The molecule has 0 spiro atoms. The Morgan fingerprint density at radius 3 is 2.71 bits per heavy atom. The topological polar surface area (TPSA) is 102 Å². The van der Waals surface area contributed by atoms with Crippen LogP contribution in [0, 0.1) is 0 Å². The van der Waals surface area contributed by atoms with Crippen molar-refractivity contribution in [2.75, 3.05) is 13.1 Å². The van der Waals surface area contributed by atoms with Crippen LogP contribution in [0.5, 0.6) is 0 Å². The highest BCUT2D eigenvalue weighted by atomic mass is 16.5. The number of rotatable bonds is 8. The summed E-state index contributed by atoms with van der Waals surface area (Å²) in [5.41, 5.74) is 5.02. The molecule has 0 saturated carbocycles. The Kier molecular flexibility index (Phi) is 5.93. The minimum absolute atomic E-state index is 0.00718. The summed E-state index contributed by atoms with van der Waals surface area (Å²) in [7, 11) is 0. The molecule has 1 aliphatic rings. The Bertz CT molecular complexity index is 270. The molecule has 4 N–H and O–H groups in total. The van der Waals surface area contributed by atoms with Crippen LogP contribution >= 0.6 is 0 Å². The van der Waals surface area contributed by atoms with Crippen LogP contribution in [0.3, 0.4) is 0 Å².